The first-order valence-electron chi connectivity index (χ1n) is 15.1. The van der Waals surface area contributed by atoms with Crippen molar-refractivity contribution in [2.45, 2.75) is 70.2 Å². The molecule has 6 N–H and O–H groups in total. The van der Waals surface area contributed by atoms with E-state index < -0.39 is 6.29 Å². The number of aliphatic hydroxyl groups is 2. The molecule has 1 fully saturated rings. The first-order chi connectivity index (χ1) is 21.4. The average Bonchev–Trinajstić information content (AvgIpc) is 3.05. The Bertz CT molecular complexity index is 1320. The van der Waals surface area contributed by atoms with Crippen molar-refractivity contribution in [2.75, 3.05) is 29.2 Å². The minimum absolute atomic E-state index is 0.00300. The maximum atomic E-state index is 12.4. The number of carbonyl (C=O) groups excluding carboxylic acids is 2. The SMILES string of the molecule is Nc1ccccc1NC(=O)CCCCCC(=O)NCc1ccc(C2OC(CSCCO)CC(c3ccc(CO)cc3)O2)cc1. The second-order valence-electron chi connectivity index (χ2n) is 10.9. The van der Waals surface area contributed by atoms with Gasteiger partial charge in [-0.1, -0.05) is 67.1 Å². The molecule has 0 spiro atoms. The van der Waals surface area contributed by atoms with E-state index in [2.05, 4.69) is 10.6 Å². The molecular weight excluding hydrogens is 578 g/mol. The molecule has 0 radical (unpaired) electrons. The number of unbranched alkanes of at least 4 members (excludes halogenated alkanes) is 2. The van der Waals surface area contributed by atoms with Gasteiger partial charge >= 0.3 is 0 Å². The number of para-hydroxylation sites is 2. The van der Waals surface area contributed by atoms with Crippen molar-refractivity contribution in [1.82, 2.24) is 5.32 Å². The summed E-state index contributed by atoms with van der Waals surface area (Å²) in [6.45, 7) is 0.551. The fourth-order valence-electron chi connectivity index (χ4n) is 4.96. The molecule has 0 aliphatic carbocycles. The van der Waals surface area contributed by atoms with E-state index in [1.807, 2.05) is 60.7 Å². The largest absolute Gasteiger partial charge is 0.397 e. The van der Waals surface area contributed by atoms with Crippen LogP contribution >= 0.6 is 11.8 Å². The van der Waals surface area contributed by atoms with Gasteiger partial charge < -0.3 is 36.1 Å². The summed E-state index contributed by atoms with van der Waals surface area (Å²) >= 11 is 1.66. The molecule has 1 heterocycles. The summed E-state index contributed by atoms with van der Waals surface area (Å²) in [5.41, 5.74) is 10.8. The maximum absolute atomic E-state index is 12.4. The Hall–Kier alpha value is -3.41. The Labute approximate surface area is 263 Å². The Morgan fingerprint density at radius 1 is 0.841 bits per heavy atom. The van der Waals surface area contributed by atoms with Gasteiger partial charge in [0.25, 0.3) is 0 Å². The lowest BCUT2D eigenvalue weighted by molar-refractivity contribution is -0.245. The average molecular weight is 622 g/mol. The summed E-state index contributed by atoms with van der Waals surface area (Å²) in [4.78, 5) is 24.5. The number of carbonyl (C=O) groups is 2. The molecule has 10 heteroatoms. The number of rotatable bonds is 16. The molecule has 9 nitrogen and oxygen atoms in total. The van der Waals surface area contributed by atoms with Gasteiger partial charge in [-0.15, -0.1) is 0 Å². The quantitative estimate of drug-likeness (QED) is 0.108. The van der Waals surface area contributed by atoms with Gasteiger partial charge in [-0.3, -0.25) is 9.59 Å². The fourth-order valence-corrected chi connectivity index (χ4v) is 5.73. The number of hydrogen-bond donors (Lipinski definition) is 5. The van der Waals surface area contributed by atoms with Crippen LogP contribution in [0.5, 0.6) is 0 Å². The normalized spacial score (nSPS) is 18.1. The Balaban J connectivity index is 1.20. The van der Waals surface area contributed by atoms with E-state index in [0.717, 1.165) is 34.4 Å². The maximum Gasteiger partial charge on any atom is 0.224 e. The summed E-state index contributed by atoms with van der Waals surface area (Å²) < 4.78 is 12.7. The van der Waals surface area contributed by atoms with Crippen molar-refractivity contribution >= 4 is 35.0 Å². The Morgan fingerprint density at radius 2 is 1.52 bits per heavy atom. The van der Waals surface area contributed by atoms with Crippen molar-refractivity contribution < 1.29 is 29.3 Å². The summed E-state index contributed by atoms with van der Waals surface area (Å²) in [5, 5.41) is 24.4. The summed E-state index contributed by atoms with van der Waals surface area (Å²) in [6.07, 6.45) is 2.96. The molecule has 44 heavy (non-hydrogen) atoms. The highest BCUT2D eigenvalue weighted by Gasteiger charge is 2.32. The molecule has 3 aromatic rings. The van der Waals surface area contributed by atoms with Crippen molar-refractivity contribution in [3.8, 4) is 0 Å². The molecule has 4 rings (SSSR count). The zero-order valence-electron chi connectivity index (χ0n) is 25.0. The van der Waals surface area contributed by atoms with Gasteiger partial charge in [-0.2, -0.15) is 11.8 Å². The van der Waals surface area contributed by atoms with Crippen LogP contribution in [0.15, 0.2) is 72.8 Å². The van der Waals surface area contributed by atoms with E-state index in [1.54, 1.807) is 23.9 Å². The second-order valence-corrected chi connectivity index (χ2v) is 12.0. The molecule has 0 aromatic heterocycles. The van der Waals surface area contributed by atoms with E-state index in [4.69, 9.17) is 15.2 Å². The van der Waals surface area contributed by atoms with Crippen LogP contribution in [-0.2, 0) is 32.2 Å². The molecule has 1 aliphatic rings. The van der Waals surface area contributed by atoms with Gasteiger partial charge in [-0.05, 0) is 41.7 Å². The smallest absolute Gasteiger partial charge is 0.224 e. The number of aliphatic hydroxyl groups excluding tert-OH is 2. The van der Waals surface area contributed by atoms with Crippen molar-refractivity contribution in [2.24, 2.45) is 0 Å². The topological polar surface area (TPSA) is 143 Å². The standard InChI is InChI=1S/C34H43N3O6S/c35-29-6-4-5-7-30(29)37-33(41)9-3-1-2-8-32(40)36-21-24-10-16-27(17-11-24)34-42-28(23-44-19-18-38)20-31(43-34)26-14-12-25(22-39)13-15-26/h4-7,10-17,28,31,34,38-39H,1-3,8-9,18-23,35H2,(H,36,40)(H,37,41). The number of thioether (sulfide) groups is 1. The number of nitrogen functional groups attached to an aromatic ring is 1. The van der Waals surface area contributed by atoms with Crippen molar-refractivity contribution in [3.05, 3.63) is 95.1 Å². The number of benzene rings is 3. The molecule has 0 saturated carbocycles. The van der Waals surface area contributed by atoms with Crippen LogP contribution < -0.4 is 16.4 Å². The lowest BCUT2D eigenvalue weighted by Gasteiger charge is -2.36. The number of hydrogen-bond acceptors (Lipinski definition) is 8. The summed E-state index contributed by atoms with van der Waals surface area (Å²) in [6, 6.07) is 22.8. The minimum Gasteiger partial charge on any atom is -0.397 e. The van der Waals surface area contributed by atoms with Gasteiger partial charge in [-0.25, -0.2) is 0 Å². The molecule has 236 valence electrons. The van der Waals surface area contributed by atoms with Gasteiger partial charge in [0.2, 0.25) is 11.8 Å². The molecule has 3 unspecified atom stereocenters. The highest BCUT2D eigenvalue weighted by Crippen LogP contribution is 2.38. The minimum atomic E-state index is -0.540. The third-order valence-corrected chi connectivity index (χ3v) is 8.52. The zero-order valence-corrected chi connectivity index (χ0v) is 25.8. The lowest BCUT2D eigenvalue weighted by atomic mass is 10.0. The van der Waals surface area contributed by atoms with E-state index in [0.29, 0.717) is 55.8 Å². The molecule has 1 aliphatic heterocycles. The third-order valence-electron chi connectivity index (χ3n) is 7.44. The van der Waals surface area contributed by atoms with Crippen LogP contribution in [0.4, 0.5) is 11.4 Å². The molecule has 3 aromatic carbocycles. The van der Waals surface area contributed by atoms with Crippen molar-refractivity contribution in [3.63, 3.8) is 0 Å². The lowest BCUT2D eigenvalue weighted by Crippen LogP contribution is -2.31. The van der Waals surface area contributed by atoms with Crippen LogP contribution in [0, 0.1) is 0 Å². The van der Waals surface area contributed by atoms with E-state index >= 15 is 0 Å². The molecule has 3 atom stereocenters. The van der Waals surface area contributed by atoms with Crippen LogP contribution in [0.3, 0.4) is 0 Å². The number of nitrogens with two attached hydrogens (primary N) is 1. The van der Waals surface area contributed by atoms with Crippen LogP contribution in [-0.4, -0.2) is 46.2 Å². The summed E-state index contributed by atoms with van der Waals surface area (Å²) in [7, 11) is 0. The monoisotopic (exact) mass is 621 g/mol. The first kappa shape index (κ1) is 33.5. The zero-order chi connectivity index (χ0) is 31.1. The van der Waals surface area contributed by atoms with Crippen LogP contribution in [0.25, 0.3) is 0 Å². The van der Waals surface area contributed by atoms with Crippen LogP contribution in [0.1, 0.15) is 73.2 Å². The highest BCUT2D eigenvalue weighted by atomic mass is 32.2. The Morgan fingerprint density at radius 3 is 2.23 bits per heavy atom. The number of nitrogens with one attached hydrogen (secondary N) is 2. The number of amides is 2. The first-order valence-corrected chi connectivity index (χ1v) is 16.3. The van der Waals surface area contributed by atoms with E-state index in [9.17, 15) is 19.8 Å². The highest BCUT2D eigenvalue weighted by molar-refractivity contribution is 7.99. The molecule has 2 amide bonds. The fraction of sp³-hybridized carbons (Fsp3) is 0.412. The van der Waals surface area contributed by atoms with Gasteiger partial charge in [0.1, 0.15) is 0 Å². The van der Waals surface area contributed by atoms with Gasteiger partial charge in [0.05, 0.1) is 36.8 Å². The van der Waals surface area contributed by atoms with Gasteiger partial charge in [0, 0.05) is 42.9 Å². The molecule has 0 bridgehead atoms. The van der Waals surface area contributed by atoms with Crippen LogP contribution in [0.2, 0.25) is 0 Å². The predicted octanol–water partition coefficient (Wildman–Crippen LogP) is 5.24. The molecule has 1 saturated heterocycles. The van der Waals surface area contributed by atoms with Crippen molar-refractivity contribution in [1.29, 1.82) is 0 Å². The van der Waals surface area contributed by atoms with E-state index in [1.165, 1.54) is 0 Å². The van der Waals surface area contributed by atoms with E-state index in [-0.39, 0.29) is 37.2 Å². The number of anilines is 2. The number of ether oxygens (including phenoxy) is 2. The Kier molecular flexibility index (Phi) is 13.5. The second kappa shape index (κ2) is 17.8. The third kappa shape index (κ3) is 10.6. The molecular formula is C34H43N3O6S. The predicted molar refractivity (Wildman–Crippen MR) is 174 cm³/mol. The van der Waals surface area contributed by atoms with Gasteiger partial charge in [0.15, 0.2) is 6.29 Å². The summed E-state index contributed by atoms with van der Waals surface area (Å²) in [5.74, 6) is 1.31.